The summed E-state index contributed by atoms with van der Waals surface area (Å²) in [5.41, 5.74) is 0. The smallest absolute Gasteiger partial charge is 0.319 e. The van der Waals surface area contributed by atoms with Gasteiger partial charge in [-0.05, 0) is 25.7 Å². The van der Waals surface area contributed by atoms with Crippen LogP contribution in [-0.4, -0.2) is 54.2 Å². The molecule has 3 rings (SSSR count). The van der Waals surface area contributed by atoms with E-state index in [1.165, 1.54) is 7.11 Å². The molecule has 0 aromatic carbocycles. The fraction of sp³-hybridized carbons (Fsp3) is 0.750. The molecule has 0 N–H and O–H groups in total. The first kappa shape index (κ1) is 17.4. The van der Waals surface area contributed by atoms with E-state index in [2.05, 4.69) is 9.97 Å². The van der Waals surface area contributed by atoms with Gasteiger partial charge < -0.3 is 9.47 Å². The van der Waals surface area contributed by atoms with Gasteiger partial charge in [0.15, 0.2) is 0 Å². The highest BCUT2D eigenvalue weighted by atomic mass is 32.2. The van der Waals surface area contributed by atoms with E-state index in [0.717, 1.165) is 32.1 Å². The number of nitrogens with zero attached hydrogens (tertiary/aromatic N) is 3. The van der Waals surface area contributed by atoms with Crippen LogP contribution in [0.4, 0.5) is 0 Å². The summed E-state index contributed by atoms with van der Waals surface area (Å²) < 4.78 is 38.0. The predicted octanol–water partition coefficient (Wildman–Crippen LogP) is 1.99. The Hall–Kier alpha value is -1.41. The summed E-state index contributed by atoms with van der Waals surface area (Å²) in [6.45, 7) is 1.04. The van der Waals surface area contributed by atoms with E-state index in [1.54, 1.807) is 16.6 Å². The lowest BCUT2D eigenvalue weighted by atomic mass is 10.0. The molecule has 0 atom stereocenters. The van der Waals surface area contributed by atoms with Crippen molar-refractivity contribution in [3.63, 3.8) is 0 Å². The molecule has 1 aliphatic heterocycles. The molecule has 0 spiro atoms. The molecule has 0 amide bonds. The first-order chi connectivity index (χ1) is 11.6. The standard InChI is InChI=1S/C16H25N3O4S/c1-22-16-17-10-7-15(18-16)23-13-8-11-19(12-9-13)24(20,21)14-5-3-2-4-6-14/h7,10,13-14H,2-6,8-9,11-12H2,1H3. The van der Waals surface area contributed by atoms with Crippen molar-refractivity contribution in [2.45, 2.75) is 56.3 Å². The van der Waals surface area contributed by atoms with Gasteiger partial charge in [-0.15, -0.1) is 0 Å². The van der Waals surface area contributed by atoms with Gasteiger partial charge in [-0.25, -0.2) is 17.7 Å². The fourth-order valence-electron chi connectivity index (χ4n) is 3.44. The molecular weight excluding hydrogens is 330 g/mol. The summed E-state index contributed by atoms with van der Waals surface area (Å²) in [4.78, 5) is 8.09. The third-order valence-electron chi connectivity index (χ3n) is 4.81. The molecular formula is C16H25N3O4S. The minimum Gasteiger partial charge on any atom is -0.474 e. The second-order valence-corrected chi connectivity index (χ2v) is 8.62. The summed E-state index contributed by atoms with van der Waals surface area (Å²) in [6, 6.07) is 1.96. The Kier molecular flexibility index (Phi) is 5.55. The monoisotopic (exact) mass is 355 g/mol. The number of aromatic nitrogens is 2. The number of piperidine rings is 1. The molecule has 24 heavy (non-hydrogen) atoms. The minimum atomic E-state index is -3.16. The molecule has 1 aromatic heterocycles. The highest BCUT2D eigenvalue weighted by Gasteiger charge is 2.35. The molecule has 0 radical (unpaired) electrons. The molecule has 0 unspecified atom stereocenters. The molecule has 1 saturated heterocycles. The maximum Gasteiger partial charge on any atom is 0.319 e. The van der Waals surface area contributed by atoms with Crippen LogP contribution in [0, 0.1) is 0 Å². The fourth-order valence-corrected chi connectivity index (χ4v) is 5.51. The number of ether oxygens (including phenoxy) is 2. The average Bonchev–Trinajstić information content (AvgIpc) is 2.63. The maximum atomic E-state index is 12.7. The Bertz CT molecular complexity index is 638. The SMILES string of the molecule is COc1nccc(OC2CCN(S(=O)(=O)C3CCCCC3)CC2)n1. The van der Waals surface area contributed by atoms with Gasteiger partial charge in [0.1, 0.15) is 6.10 Å². The van der Waals surface area contributed by atoms with Crippen LogP contribution in [0.2, 0.25) is 0 Å². The molecule has 0 bridgehead atoms. The van der Waals surface area contributed by atoms with E-state index >= 15 is 0 Å². The van der Waals surface area contributed by atoms with Crippen molar-refractivity contribution in [2.24, 2.45) is 0 Å². The molecule has 7 nitrogen and oxygen atoms in total. The number of rotatable bonds is 5. The van der Waals surface area contributed by atoms with Crippen molar-refractivity contribution in [1.82, 2.24) is 14.3 Å². The van der Waals surface area contributed by atoms with Crippen LogP contribution < -0.4 is 9.47 Å². The van der Waals surface area contributed by atoms with Crippen LogP contribution in [0.25, 0.3) is 0 Å². The molecule has 134 valence electrons. The Balaban J connectivity index is 1.55. The molecule has 2 heterocycles. The lowest BCUT2D eigenvalue weighted by molar-refractivity contribution is 0.128. The van der Waals surface area contributed by atoms with Gasteiger partial charge in [0.05, 0.1) is 12.4 Å². The van der Waals surface area contributed by atoms with Crippen molar-refractivity contribution in [3.05, 3.63) is 12.3 Å². The van der Waals surface area contributed by atoms with Crippen LogP contribution >= 0.6 is 0 Å². The molecule has 1 saturated carbocycles. The van der Waals surface area contributed by atoms with Gasteiger partial charge in [0, 0.05) is 25.4 Å². The topological polar surface area (TPSA) is 81.6 Å². The summed E-state index contributed by atoms with van der Waals surface area (Å²) in [5.74, 6) is 0.468. The molecule has 2 aliphatic rings. The van der Waals surface area contributed by atoms with Gasteiger partial charge in [0.25, 0.3) is 0 Å². The Labute approximate surface area is 143 Å². The third kappa shape index (κ3) is 3.97. The summed E-state index contributed by atoms with van der Waals surface area (Å²) in [6.07, 6.45) is 7.74. The van der Waals surface area contributed by atoms with Crippen molar-refractivity contribution in [1.29, 1.82) is 0 Å². The Morgan fingerprint density at radius 1 is 1.12 bits per heavy atom. The lowest BCUT2D eigenvalue weighted by Crippen LogP contribution is -2.46. The number of methoxy groups -OCH3 is 1. The zero-order chi connectivity index (χ0) is 17.0. The summed E-state index contributed by atoms with van der Waals surface area (Å²) in [5, 5.41) is -0.185. The van der Waals surface area contributed by atoms with Crippen molar-refractivity contribution >= 4 is 10.0 Å². The van der Waals surface area contributed by atoms with E-state index < -0.39 is 10.0 Å². The molecule has 2 fully saturated rings. The van der Waals surface area contributed by atoms with E-state index in [-0.39, 0.29) is 17.4 Å². The molecule has 1 aromatic rings. The van der Waals surface area contributed by atoms with Crippen molar-refractivity contribution in [2.75, 3.05) is 20.2 Å². The van der Waals surface area contributed by atoms with Crippen molar-refractivity contribution in [3.8, 4) is 11.9 Å². The second-order valence-electron chi connectivity index (χ2n) is 6.40. The van der Waals surface area contributed by atoms with E-state index in [4.69, 9.17) is 9.47 Å². The first-order valence-electron chi connectivity index (χ1n) is 8.62. The molecule has 8 heteroatoms. The lowest BCUT2D eigenvalue weighted by Gasteiger charge is -2.34. The highest BCUT2D eigenvalue weighted by Crippen LogP contribution is 2.28. The zero-order valence-corrected chi connectivity index (χ0v) is 14.9. The number of hydrogen-bond donors (Lipinski definition) is 0. The Morgan fingerprint density at radius 3 is 2.50 bits per heavy atom. The van der Waals surface area contributed by atoms with Gasteiger partial charge in [-0.2, -0.15) is 4.98 Å². The zero-order valence-electron chi connectivity index (χ0n) is 14.1. The number of sulfonamides is 1. The predicted molar refractivity (Wildman–Crippen MR) is 89.6 cm³/mol. The van der Waals surface area contributed by atoms with Crippen LogP contribution in [0.15, 0.2) is 12.3 Å². The van der Waals surface area contributed by atoms with Crippen molar-refractivity contribution < 1.29 is 17.9 Å². The summed E-state index contributed by atoms with van der Waals surface area (Å²) >= 11 is 0. The number of hydrogen-bond acceptors (Lipinski definition) is 6. The van der Waals surface area contributed by atoms with E-state index in [1.807, 2.05) is 0 Å². The van der Waals surface area contributed by atoms with Gasteiger partial charge in [-0.3, -0.25) is 0 Å². The normalized spacial score (nSPS) is 21.5. The average molecular weight is 355 g/mol. The van der Waals surface area contributed by atoms with Crippen LogP contribution in [0.3, 0.4) is 0 Å². The highest BCUT2D eigenvalue weighted by molar-refractivity contribution is 7.89. The quantitative estimate of drug-likeness (QED) is 0.803. The minimum absolute atomic E-state index is 0.0255. The van der Waals surface area contributed by atoms with Gasteiger partial charge >= 0.3 is 6.01 Å². The van der Waals surface area contributed by atoms with Crippen LogP contribution in [0.5, 0.6) is 11.9 Å². The third-order valence-corrected chi connectivity index (χ3v) is 7.21. The van der Waals surface area contributed by atoms with E-state index in [9.17, 15) is 8.42 Å². The van der Waals surface area contributed by atoms with Crippen LogP contribution in [0.1, 0.15) is 44.9 Å². The second kappa shape index (κ2) is 7.65. The largest absolute Gasteiger partial charge is 0.474 e. The first-order valence-corrected chi connectivity index (χ1v) is 10.1. The van der Waals surface area contributed by atoms with E-state index in [0.29, 0.717) is 31.8 Å². The van der Waals surface area contributed by atoms with Crippen LogP contribution in [-0.2, 0) is 10.0 Å². The Morgan fingerprint density at radius 2 is 1.83 bits per heavy atom. The summed E-state index contributed by atoms with van der Waals surface area (Å²) in [7, 11) is -1.65. The molecule has 1 aliphatic carbocycles. The van der Waals surface area contributed by atoms with Gasteiger partial charge in [-0.1, -0.05) is 19.3 Å². The maximum absolute atomic E-state index is 12.7. The van der Waals surface area contributed by atoms with Gasteiger partial charge in [0.2, 0.25) is 15.9 Å².